The molecule has 2 aromatic rings. The number of anilines is 1. The van der Waals surface area contributed by atoms with Crippen molar-refractivity contribution in [1.82, 2.24) is 9.78 Å². The van der Waals surface area contributed by atoms with Crippen LogP contribution in [0.3, 0.4) is 0 Å². The van der Waals surface area contributed by atoms with Gasteiger partial charge in [-0.1, -0.05) is 43.2 Å². The maximum atomic E-state index is 11.8. The molecule has 0 radical (unpaired) electrons. The highest BCUT2D eigenvalue weighted by atomic mass is 16.1. The summed E-state index contributed by atoms with van der Waals surface area (Å²) in [5, 5.41) is 7.17. The zero-order valence-corrected chi connectivity index (χ0v) is 12.9. The lowest BCUT2D eigenvalue weighted by Gasteiger charge is -2.03. The molecule has 2 rings (SSSR count). The van der Waals surface area contributed by atoms with E-state index in [9.17, 15) is 4.79 Å². The Labute approximate surface area is 131 Å². The summed E-state index contributed by atoms with van der Waals surface area (Å²) in [6.07, 6.45) is 8.19. The molecule has 1 heterocycles. The molecule has 22 heavy (non-hydrogen) atoms. The van der Waals surface area contributed by atoms with Gasteiger partial charge in [-0.05, 0) is 24.9 Å². The number of carbonyl (C=O) groups excluding carboxylic acids is 1. The van der Waals surface area contributed by atoms with Crippen molar-refractivity contribution in [2.45, 2.75) is 38.6 Å². The third-order valence-electron chi connectivity index (χ3n) is 3.46. The number of aromatic nitrogens is 2. The molecular weight excluding hydrogens is 276 g/mol. The molecule has 0 saturated carbocycles. The Balaban J connectivity index is 1.73. The Morgan fingerprint density at radius 1 is 1.14 bits per heavy atom. The van der Waals surface area contributed by atoms with Crippen LogP contribution in [0.25, 0.3) is 0 Å². The van der Waals surface area contributed by atoms with E-state index in [1.54, 1.807) is 6.20 Å². The Bertz CT molecular complexity index is 565. The van der Waals surface area contributed by atoms with Gasteiger partial charge in [0, 0.05) is 12.6 Å². The van der Waals surface area contributed by atoms with Gasteiger partial charge in [0.15, 0.2) is 0 Å². The molecular formula is C17H24N4O. The summed E-state index contributed by atoms with van der Waals surface area (Å²) in [5.41, 5.74) is 7.38. The van der Waals surface area contributed by atoms with Gasteiger partial charge in [0.05, 0.1) is 18.4 Å². The van der Waals surface area contributed by atoms with Crippen LogP contribution in [0.15, 0.2) is 42.7 Å². The number of benzene rings is 1. The molecule has 0 aliphatic carbocycles. The topological polar surface area (TPSA) is 72.9 Å². The van der Waals surface area contributed by atoms with Gasteiger partial charge in [-0.15, -0.1) is 0 Å². The van der Waals surface area contributed by atoms with Gasteiger partial charge in [-0.25, -0.2) is 0 Å². The summed E-state index contributed by atoms with van der Waals surface area (Å²) in [4.78, 5) is 11.8. The number of nitrogens with two attached hydrogens (primary N) is 1. The largest absolute Gasteiger partial charge is 0.330 e. The van der Waals surface area contributed by atoms with E-state index in [1.807, 2.05) is 29.1 Å². The van der Waals surface area contributed by atoms with Crippen LogP contribution in [0, 0.1) is 0 Å². The lowest BCUT2D eigenvalue weighted by Crippen LogP contribution is -2.10. The van der Waals surface area contributed by atoms with Crippen molar-refractivity contribution in [3.05, 3.63) is 48.3 Å². The van der Waals surface area contributed by atoms with Crippen LogP contribution >= 0.6 is 0 Å². The van der Waals surface area contributed by atoms with Crippen LogP contribution in [-0.2, 0) is 11.3 Å². The van der Waals surface area contributed by atoms with E-state index in [2.05, 4.69) is 22.5 Å². The third-order valence-corrected chi connectivity index (χ3v) is 3.46. The number of nitrogens with one attached hydrogen (secondary N) is 1. The second-order valence-electron chi connectivity index (χ2n) is 5.41. The van der Waals surface area contributed by atoms with E-state index < -0.39 is 0 Å². The highest BCUT2D eigenvalue weighted by Crippen LogP contribution is 2.10. The van der Waals surface area contributed by atoms with Crippen molar-refractivity contribution in [3.63, 3.8) is 0 Å². The average molecular weight is 300 g/mol. The van der Waals surface area contributed by atoms with Gasteiger partial charge in [0.2, 0.25) is 5.91 Å². The first kappa shape index (κ1) is 16.2. The Morgan fingerprint density at radius 2 is 1.91 bits per heavy atom. The highest BCUT2D eigenvalue weighted by molar-refractivity contribution is 5.90. The normalized spacial score (nSPS) is 10.6. The maximum Gasteiger partial charge on any atom is 0.224 e. The highest BCUT2D eigenvalue weighted by Gasteiger charge is 2.05. The zero-order chi connectivity index (χ0) is 15.6. The van der Waals surface area contributed by atoms with E-state index in [0.29, 0.717) is 13.0 Å². The number of unbranched alkanes of at least 4 members (excludes halogenated alkanes) is 3. The van der Waals surface area contributed by atoms with E-state index in [1.165, 1.54) is 5.56 Å². The zero-order valence-electron chi connectivity index (χ0n) is 12.9. The number of carbonyl (C=O) groups is 1. The fourth-order valence-electron chi connectivity index (χ4n) is 2.29. The van der Waals surface area contributed by atoms with Crippen LogP contribution in [0.1, 0.15) is 37.7 Å². The first-order valence-corrected chi connectivity index (χ1v) is 7.84. The minimum Gasteiger partial charge on any atom is -0.330 e. The molecule has 0 bridgehead atoms. The van der Waals surface area contributed by atoms with Crippen molar-refractivity contribution in [2.24, 2.45) is 5.73 Å². The van der Waals surface area contributed by atoms with Crippen molar-refractivity contribution in [2.75, 3.05) is 11.9 Å². The van der Waals surface area contributed by atoms with Crippen LogP contribution in [0.2, 0.25) is 0 Å². The summed E-state index contributed by atoms with van der Waals surface area (Å²) in [6, 6.07) is 10.1. The number of rotatable bonds is 9. The minimum atomic E-state index is 0.0482. The van der Waals surface area contributed by atoms with Gasteiger partial charge >= 0.3 is 0 Å². The first-order chi connectivity index (χ1) is 10.8. The SMILES string of the molecule is NCCCCCCC(=O)Nc1cnn(Cc2ccccc2)c1. The van der Waals surface area contributed by atoms with Crippen LogP contribution in [0.4, 0.5) is 5.69 Å². The third kappa shape index (κ3) is 5.69. The van der Waals surface area contributed by atoms with Crippen molar-refractivity contribution in [3.8, 4) is 0 Å². The molecule has 1 aromatic heterocycles. The van der Waals surface area contributed by atoms with Gasteiger partial charge in [-0.3, -0.25) is 9.48 Å². The fraction of sp³-hybridized carbons (Fsp3) is 0.412. The molecule has 0 unspecified atom stereocenters. The molecule has 5 heteroatoms. The summed E-state index contributed by atoms with van der Waals surface area (Å²) in [6.45, 7) is 1.43. The monoisotopic (exact) mass is 300 g/mol. The summed E-state index contributed by atoms with van der Waals surface area (Å²) >= 11 is 0. The molecule has 0 spiro atoms. The summed E-state index contributed by atoms with van der Waals surface area (Å²) in [7, 11) is 0. The van der Waals surface area contributed by atoms with Crippen LogP contribution in [-0.4, -0.2) is 22.2 Å². The minimum absolute atomic E-state index is 0.0482. The molecule has 0 fully saturated rings. The fourth-order valence-corrected chi connectivity index (χ4v) is 2.29. The van der Waals surface area contributed by atoms with Crippen molar-refractivity contribution >= 4 is 11.6 Å². The number of amides is 1. The van der Waals surface area contributed by atoms with Crippen LogP contribution in [0.5, 0.6) is 0 Å². The van der Waals surface area contributed by atoms with Gasteiger partial charge in [0.1, 0.15) is 0 Å². The van der Waals surface area contributed by atoms with E-state index in [0.717, 1.165) is 37.9 Å². The lowest BCUT2D eigenvalue weighted by atomic mass is 10.1. The van der Waals surface area contributed by atoms with E-state index in [4.69, 9.17) is 5.73 Å². The average Bonchev–Trinajstić information content (AvgIpc) is 2.95. The predicted octanol–water partition coefficient (Wildman–Crippen LogP) is 2.78. The molecule has 5 nitrogen and oxygen atoms in total. The number of hydrogen-bond acceptors (Lipinski definition) is 3. The number of hydrogen-bond donors (Lipinski definition) is 2. The molecule has 0 aliphatic rings. The molecule has 1 amide bonds. The lowest BCUT2D eigenvalue weighted by molar-refractivity contribution is -0.116. The molecule has 0 aliphatic heterocycles. The van der Waals surface area contributed by atoms with E-state index in [-0.39, 0.29) is 5.91 Å². The number of nitrogens with zero attached hydrogens (tertiary/aromatic N) is 2. The first-order valence-electron chi connectivity index (χ1n) is 7.84. The van der Waals surface area contributed by atoms with E-state index >= 15 is 0 Å². The Hall–Kier alpha value is -2.14. The van der Waals surface area contributed by atoms with Gasteiger partial charge in [0.25, 0.3) is 0 Å². The van der Waals surface area contributed by atoms with Crippen molar-refractivity contribution in [1.29, 1.82) is 0 Å². The molecule has 118 valence electrons. The van der Waals surface area contributed by atoms with Gasteiger partial charge < -0.3 is 11.1 Å². The molecule has 0 saturated heterocycles. The summed E-state index contributed by atoms with van der Waals surface area (Å²) in [5.74, 6) is 0.0482. The quantitative estimate of drug-likeness (QED) is 0.699. The second-order valence-corrected chi connectivity index (χ2v) is 5.41. The standard InChI is InChI=1S/C17H24N4O/c18-11-7-2-1-6-10-17(22)20-16-12-19-21(14-16)13-15-8-4-3-5-9-15/h3-5,8-9,12,14H,1-2,6-7,10-11,13,18H2,(H,20,22). The maximum absolute atomic E-state index is 11.8. The predicted molar refractivity (Wildman–Crippen MR) is 88.5 cm³/mol. The smallest absolute Gasteiger partial charge is 0.224 e. The molecule has 1 aromatic carbocycles. The van der Waals surface area contributed by atoms with Crippen LogP contribution < -0.4 is 11.1 Å². The Morgan fingerprint density at radius 3 is 2.68 bits per heavy atom. The van der Waals surface area contributed by atoms with Crippen molar-refractivity contribution < 1.29 is 4.79 Å². The molecule has 0 atom stereocenters. The molecule has 3 N–H and O–H groups in total. The second kappa shape index (κ2) is 9.00. The summed E-state index contributed by atoms with van der Waals surface area (Å²) < 4.78 is 1.83. The van der Waals surface area contributed by atoms with Gasteiger partial charge in [-0.2, -0.15) is 5.10 Å². The Kier molecular flexibility index (Phi) is 6.64.